The van der Waals surface area contributed by atoms with E-state index in [0.29, 0.717) is 23.4 Å². The smallest absolute Gasteiger partial charge is 0.224 e. The van der Waals surface area contributed by atoms with Gasteiger partial charge in [0.2, 0.25) is 3.79 Å². The number of hydrogen-bond acceptors (Lipinski definition) is 4. The van der Waals surface area contributed by atoms with Crippen LogP contribution in [-0.2, 0) is 5.60 Å². The van der Waals surface area contributed by atoms with E-state index < -0.39 is 22.0 Å². The first-order valence-electron chi connectivity index (χ1n) is 6.70. The Morgan fingerprint density at radius 2 is 2.05 bits per heavy atom. The van der Waals surface area contributed by atoms with Gasteiger partial charge in [-0.25, -0.2) is 0 Å². The Kier molecular flexibility index (Phi) is 6.99. The van der Waals surface area contributed by atoms with Gasteiger partial charge in [0.05, 0.1) is 19.8 Å². The van der Waals surface area contributed by atoms with Crippen molar-refractivity contribution in [3.8, 4) is 5.75 Å². The van der Waals surface area contributed by atoms with Crippen molar-refractivity contribution in [1.29, 1.82) is 0 Å². The fourth-order valence-electron chi connectivity index (χ4n) is 2.28. The standard InChI is InChI=1S/C15H20Cl3NO3/c1-4-10-8-11(6-7-12(10)22-3)14(21,15(16,17)18)13(9-20)19-5-2/h4,6-8,13,19-21H,1,5,9H2,2-3H3. The fraction of sp³-hybridized carbons (Fsp3) is 0.467. The molecule has 2 atom stereocenters. The monoisotopic (exact) mass is 367 g/mol. The van der Waals surface area contributed by atoms with Gasteiger partial charge in [-0.05, 0) is 24.2 Å². The van der Waals surface area contributed by atoms with Crippen LogP contribution in [0.1, 0.15) is 18.1 Å². The fourth-order valence-corrected chi connectivity index (χ4v) is 3.01. The molecule has 0 saturated heterocycles. The molecule has 0 aliphatic rings. The van der Waals surface area contributed by atoms with Crippen molar-refractivity contribution in [2.75, 3.05) is 20.3 Å². The highest BCUT2D eigenvalue weighted by molar-refractivity contribution is 6.68. The molecule has 2 unspecified atom stereocenters. The highest BCUT2D eigenvalue weighted by Crippen LogP contribution is 2.47. The van der Waals surface area contributed by atoms with Crippen molar-refractivity contribution in [3.63, 3.8) is 0 Å². The molecule has 3 N–H and O–H groups in total. The van der Waals surface area contributed by atoms with Crippen LogP contribution in [0.2, 0.25) is 0 Å². The summed E-state index contributed by atoms with van der Waals surface area (Å²) in [5.41, 5.74) is -0.962. The Morgan fingerprint density at radius 3 is 2.45 bits per heavy atom. The van der Waals surface area contributed by atoms with E-state index in [-0.39, 0.29) is 0 Å². The lowest BCUT2D eigenvalue weighted by atomic mass is 9.86. The minimum absolute atomic E-state index is 0.336. The second-order valence-electron chi connectivity index (χ2n) is 4.72. The predicted octanol–water partition coefficient (Wildman–Crippen LogP) is 2.87. The molecular weight excluding hydrogens is 349 g/mol. The van der Waals surface area contributed by atoms with E-state index in [2.05, 4.69) is 11.9 Å². The van der Waals surface area contributed by atoms with Gasteiger partial charge in [0.15, 0.2) is 5.60 Å². The first-order valence-corrected chi connectivity index (χ1v) is 7.83. The van der Waals surface area contributed by atoms with Crippen LogP contribution in [0.3, 0.4) is 0 Å². The maximum atomic E-state index is 11.1. The van der Waals surface area contributed by atoms with Crippen LogP contribution in [0.4, 0.5) is 0 Å². The van der Waals surface area contributed by atoms with E-state index in [1.54, 1.807) is 24.3 Å². The lowest BCUT2D eigenvalue weighted by Crippen LogP contribution is -2.57. The SMILES string of the molecule is C=Cc1cc(C(O)(C(CO)NCC)C(Cl)(Cl)Cl)ccc1OC. The highest BCUT2D eigenvalue weighted by Gasteiger charge is 2.53. The summed E-state index contributed by atoms with van der Waals surface area (Å²) in [6.07, 6.45) is 1.57. The molecule has 0 bridgehead atoms. The van der Waals surface area contributed by atoms with Crippen molar-refractivity contribution in [1.82, 2.24) is 5.32 Å². The van der Waals surface area contributed by atoms with Crippen molar-refractivity contribution in [2.24, 2.45) is 0 Å². The number of methoxy groups -OCH3 is 1. The van der Waals surface area contributed by atoms with Gasteiger partial charge >= 0.3 is 0 Å². The largest absolute Gasteiger partial charge is 0.496 e. The van der Waals surface area contributed by atoms with Crippen LogP contribution in [-0.4, -0.2) is 40.3 Å². The average molecular weight is 369 g/mol. The second kappa shape index (κ2) is 7.86. The van der Waals surface area contributed by atoms with Crippen molar-refractivity contribution in [3.05, 3.63) is 35.9 Å². The quantitative estimate of drug-likeness (QED) is 0.648. The third-order valence-electron chi connectivity index (χ3n) is 3.46. The summed E-state index contributed by atoms with van der Waals surface area (Å²) in [4.78, 5) is 0. The molecule has 4 nitrogen and oxygen atoms in total. The molecule has 22 heavy (non-hydrogen) atoms. The van der Waals surface area contributed by atoms with Crippen LogP contribution in [0.15, 0.2) is 24.8 Å². The number of rotatable bonds is 7. The minimum Gasteiger partial charge on any atom is -0.496 e. The summed E-state index contributed by atoms with van der Waals surface area (Å²) in [6.45, 7) is 5.60. The number of alkyl halides is 3. The summed E-state index contributed by atoms with van der Waals surface area (Å²) in [5, 5.41) is 23.6. The third kappa shape index (κ3) is 3.70. The number of aliphatic hydroxyl groups is 2. The molecule has 0 amide bonds. The maximum absolute atomic E-state index is 11.1. The predicted molar refractivity (Wildman–Crippen MR) is 91.8 cm³/mol. The van der Waals surface area contributed by atoms with Crippen molar-refractivity contribution < 1.29 is 14.9 Å². The van der Waals surface area contributed by atoms with Crippen LogP contribution in [0.5, 0.6) is 5.75 Å². The molecule has 0 aliphatic heterocycles. The molecule has 0 radical (unpaired) electrons. The van der Waals surface area contributed by atoms with E-state index in [1.165, 1.54) is 7.11 Å². The normalized spacial score (nSPS) is 16.0. The Labute approximate surface area is 145 Å². The molecule has 1 aromatic rings. The number of likely N-dealkylation sites (N-methyl/N-ethyl adjacent to an activating group) is 1. The molecule has 124 valence electrons. The van der Waals surface area contributed by atoms with Gasteiger partial charge in [0.25, 0.3) is 0 Å². The van der Waals surface area contributed by atoms with Crippen LogP contribution in [0.25, 0.3) is 6.08 Å². The van der Waals surface area contributed by atoms with Gasteiger partial charge in [0, 0.05) is 5.56 Å². The lowest BCUT2D eigenvalue weighted by Gasteiger charge is -2.41. The molecule has 0 spiro atoms. The lowest BCUT2D eigenvalue weighted by molar-refractivity contribution is -0.0188. The minimum atomic E-state index is -2.06. The third-order valence-corrected chi connectivity index (χ3v) is 4.32. The van der Waals surface area contributed by atoms with E-state index in [4.69, 9.17) is 39.5 Å². The molecule has 1 rings (SSSR count). The molecule has 0 aliphatic carbocycles. The maximum Gasteiger partial charge on any atom is 0.224 e. The van der Waals surface area contributed by atoms with Crippen LogP contribution in [0, 0.1) is 0 Å². The summed E-state index contributed by atoms with van der Waals surface area (Å²) in [7, 11) is 1.53. The van der Waals surface area contributed by atoms with E-state index in [1.807, 2.05) is 6.92 Å². The van der Waals surface area contributed by atoms with Crippen LogP contribution >= 0.6 is 34.8 Å². The molecular formula is C15H20Cl3NO3. The first-order chi connectivity index (χ1) is 10.3. The summed E-state index contributed by atoms with van der Waals surface area (Å²) < 4.78 is 3.15. The van der Waals surface area contributed by atoms with Gasteiger partial charge in [-0.3, -0.25) is 0 Å². The zero-order valence-electron chi connectivity index (χ0n) is 12.4. The Morgan fingerprint density at radius 1 is 1.41 bits per heavy atom. The zero-order valence-corrected chi connectivity index (χ0v) is 14.7. The molecule has 0 aromatic heterocycles. The molecule has 0 heterocycles. The van der Waals surface area contributed by atoms with E-state index in [0.717, 1.165) is 0 Å². The number of ether oxygens (including phenoxy) is 1. The molecule has 0 fully saturated rings. The van der Waals surface area contributed by atoms with Crippen LogP contribution < -0.4 is 10.1 Å². The van der Waals surface area contributed by atoms with Gasteiger partial charge in [-0.15, -0.1) is 0 Å². The number of aliphatic hydroxyl groups excluding tert-OH is 1. The average Bonchev–Trinajstić information content (AvgIpc) is 2.49. The van der Waals surface area contributed by atoms with E-state index >= 15 is 0 Å². The Bertz CT molecular complexity index is 519. The van der Waals surface area contributed by atoms with Crippen molar-refractivity contribution >= 4 is 40.9 Å². The van der Waals surface area contributed by atoms with Gasteiger partial charge < -0.3 is 20.3 Å². The second-order valence-corrected chi connectivity index (χ2v) is 7.00. The summed E-state index contributed by atoms with van der Waals surface area (Å²) >= 11 is 18.1. The highest BCUT2D eigenvalue weighted by atomic mass is 35.6. The van der Waals surface area contributed by atoms with Gasteiger partial charge in [-0.2, -0.15) is 0 Å². The van der Waals surface area contributed by atoms with Crippen molar-refractivity contribution in [2.45, 2.75) is 22.4 Å². The zero-order chi connectivity index (χ0) is 17.0. The summed E-state index contributed by atoms with van der Waals surface area (Å²) in [6, 6.07) is 3.99. The topological polar surface area (TPSA) is 61.7 Å². The molecule has 7 heteroatoms. The Hall–Kier alpha value is -0.490. The van der Waals surface area contributed by atoms with Gasteiger partial charge in [-0.1, -0.05) is 60.4 Å². The van der Waals surface area contributed by atoms with Gasteiger partial charge in [0.1, 0.15) is 5.75 Å². The Balaban J connectivity index is 3.49. The number of nitrogens with one attached hydrogen (secondary N) is 1. The molecule has 1 aromatic carbocycles. The number of halogens is 3. The summed E-state index contributed by atoms with van der Waals surface area (Å²) in [5.74, 6) is 0.578. The number of benzene rings is 1. The van der Waals surface area contributed by atoms with E-state index in [9.17, 15) is 10.2 Å². The number of hydrogen-bond donors (Lipinski definition) is 3. The molecule has 0 saturated carbocycles. The first kappa shape index (κ1) is 19.6.